The van der Waals surface area contributed by atoms with Crippen LogP contribution in [0.25, 0.3) is 0 Å². The minimum Gasteiger partial charge on any atom is -0.387 e. The first-order chi connectivity index (χ1) is 8.50. The molecule has 100 valence electrons. The summed E-state index contributed by atoms with van der Waals surface area (Å²) in [6.07, 6.45) is -0.670. The van der Waals surface area contributed by atoms with E-state index >= 15 is 0 Å². The van der Waals surface area contributed by atoms with Crippen molar-refractivity contribution in [2.75, 3.05) is 13.1 Å². The number of hydrogen-bond acceptors (Lipinski definition) is 2. The third-order valence-corrected chi connectivity index (χ3v) is 2.67. The van der Waals surface area contributed by atoms with Crippen molar-refractivity contribution >= 4 is 6.03 Å². The molecule has 0 aliphatic rings. The van der Waals surface area contributed by atoms with Gasteiger partial charge in [-0.25, -0.2) is 4.79 Å². The van der Waals surface area contributed by atoms with Gasteiger partial charge in [-0.15, -0.1) is 0 Å². The number of urea groups is 1. The molecule has 1 unspecified atom stereocenters. The second-order valence-electron chi connectivity index (χ2n) is 4.86. The van der Waals surface area contributed by atoms with Crippen molar-refractivity contribution < 1.29 is 9.90 Å². The number of aliphatic hydroxyl groups is 1. The van der Waals surface area contributed by atoms with Crippen molar-refractivity contribution in [3.63, 3.8) is 0 Å². The lowest BCUT2D eigenvalue weighted by molar-refractivity contribution is 0.172. The molecule has 0 heterocycles. The quantitative estimate of drug-likeness (QED) is 0.748. The number of amides is 2. The summed E-state index contributed by atoms with van der Waals surface area (Å²) in [5, 5.41) is 15.4. The summed E-state index contributed by atoms with van der Waals surface area (Å²) in [4.78, 5) is 11.4. The van der Waals surface area contributed by atoms with Crippen molar-refractivity contribution in [3.8, 4) is 0 Å². The Morgan fingerprint density at radius 3 is 2.44 bits per heavy atom. The molecule has 18 heavy (non-hydrogen) atoms. The van der Waals surface area contributed by atoms with Crippen LogP contribution in [0.15, 0.2) is 24.3 Å². The maximum atomic E-state index is 11.4. The van der Waals surface area contributed by atoms with Gasteiger partial charge in [-0.05, 0) is 24.0 Å². The van der Waals surface area contributed by atoms with Gasteiger partial charge in [0, 0.05) is 13.1 Å². The zero-order chi connectivity index (χ0) is 13.5. The van der Waals surface area contributed by atoms with E-state index in [1.807, 2.05) is 45.0 Å². The molecule has 0 aliphatic carbocycles. The SMILES string of the molecule is Cc1ccccc1C(O)CNC(=O)NCC(C)C. The van der Waals surface area contributed by atoms with Gasteiger partial charge in [-0.1, -0.05) is 38.1 Å². The van der Waals surface area contributed by atoms with Crippen LogP contribution < -0.4 is 10.6 Å². The standard InChI is InChI=1S/C14H22N2O2/c1-10(2)8-15-14(18)16-9-13(17)12-7-5-4-6-11(12)3/h4-7,10,13,17H,8-9H2,1-3H3,(H2,15,16,18). The minimum absolute atomic E-state index is 0.217. The van der Waals surface area contributed by atoms with Crippen LogP contribution in [-0.2, 0) is 0 Å². The van der Waals surface area contributed by atoms with Crippen molar-refractivity contribution in [2.24, 2.45) is 5.92 Å². The largest absolute Gasteiger partial charge is 0.387 e. The number of rotatable bonds is 5. The first-order valence-corrected chi connectivity index (χ1v) is 6.26. The molecule has 1 aromatic rings. The van der Waals surface area contributed by atoms with Crippen LogP contribution in [0.5, 0.6) is 0 Å². The molecule has 1 atom stereocenters. The second-order valence-corrected chi connectivity index (χ2v) is 4.86. The van der Waals surface area contributed by atoms with Gasteiger partial charge in [-0.2, -0.15) is 0 Å². The first kappa shape index (κ1) is 14.5. The van der Waals surface area contributed by atoms with E-state index in [0.29, 0.717) is 12.5 Å². The van der Waals surface area contributed by atoms with Gasteiger partial charge in [-0.3, -0.25) is 0 Å². The average molecular weight is 250 g/mol. The molecule has 0 saturated heterocycles. The Balaban J connectivity index is 2.39. The molecule has 0 spiro atoms. The maximum absolute atomic E-state index is 11.4. The molecule has 0 radical (unpaired) electrons. The zero-order valence-electron chi connectivity index (χ0n) is 11.2. The molecule has 0 bridgehead atoms. The van der Waals surface area contributed by atoms with E-state index in [-0.39, 0.29) is 12.6 Å². The molecular weight excluding hydrogens is 228 g/mol. The fourth-order valence-corrected chi connectivity index (χ4v) is 1.62. The van der Waals surface area contributed by atoms with Gasteiger partial charge in [0.15, 0.2) is 0 Å². The van der Waals surface area contributed by atoms with E-state index in [1.165, 1.54) is 0 Å². The van der Waals surface area contributed by atoms with Crippen LogP contribution in [-0.4, -0.2) is 24.2 Å². The lowest BCUT2D eigenvalue weighted by atomic mass is 10.0. The summed E-state index contributed by atoms with van der Waals surface area (Å²) in [7, 11) is 0. The predicted octanol–water partition coefficient (Wildman–Crippen LogP) is 1.98. The molecule has 1 rings (SSSR count). The average Bonchev–Trinajstić information content (AvgIpc) is 2.34. The third-order valence-electron chi connectivity index (χ3n) is 2.67. The molecule has 4 nitrogen and oxygen atoms in total. The van der Waals surface area contributed by atoms with Gasteiger partial charge < -0.3 is 15.7 Å². The van der Waals surface area contributed by atoms with Gasteiger partial charge in [0.25, 0.3) is 0 Å². The fraction of sp³-hybridized carbons (Fsp3) is 0.500. The van der Waals surface area contributed by atoms with Crippen LogP contribution in [0.2, 0.25) is 0 Å². The number of aliphatic hydroxyl groups excluding tert-OH is 1. The van der Waals surface area contributed by atoms with Crippen molar-refractivity contribution in [2.45, 2.75) is 26.9 Å². The van der Waals surface area contributed by atoms with Crippen molar-refractivity contribution in [1.82, 2.24) is 10.6 Å². The molecular formula is C14H22N2O2. The summed E-state index contributed by atoms with van der Waals surface area (Å²) < 4.78 is 0. The van der Waals surface area contributed by atoms with Crippen LogP contribution in [0.1, 0.15) is 31.1 Å². The van der Waals surface area contributed by atoms with E-state index in [2.05, 4.69) is 10.6 Å². The number of benzene rings is 1. The Bertz CT molecular complexity index is 391. The monoisotopic (exact) mass is 250 g/mol. The number of carbonyl (C=O) groups excluding carboxylic acids is 1. The minimum atomic E-state index is -0.670. The lowest BCUT2D eigenvalue weighted by Gasteiger charge is -2.15. The van der Waals surface area contributed by atoms with Gasteiger partial charge in [0.1, 0.15) is 0 Å². The highest BCUT2D eigenvalue weighted by atomic mass is 16.3. The van der Waals surface area contributed by atoms with Crippen LogP contribution in [0.3, 0.4) is 0 Å². The number of carbonyl (C=O) groups is 1. The normalized spacial score (nSPS) is 12.3. The molecule has 1 aromatic carbocycles. The Labute approximate surface area is 108 Å². The van der Waals surface area contributed by atoms with Crippen LogP contribution in [0.4, 0.5) is 4.79 Å². The van der Waals surface area contributed by atoms with Crippen molar-refractivity contribution in [3.05, 3.63) is 35.4 Å². The molecule has 0 saturated carbocycles. The summed E-state index contributed by atoms with van der Waals surface area (Å²) in [5.74, 6) is 0.414. The Kier molecular flexibility index (Phi) is 5.65. The molecule has 4 heteroatoms. The molecule has 0 aromatic heterocycles. The third kappa shape index (κ3) is 4.75. The van der Waals surface area contributed by atoms with Gasteiger partial charge in [0.2, 0.25) is 0 Å². The number of aryl methyl sites for hydroxylation is 1. The molecule has 0 fully saturated rings. The summed E-state index contributed by atoms with van der Waals surface area (Å²) in [5.41, 5.74) is 1.87. The van der Waals surface area contributed by atoms with Gasteiger partial charge >= 0.3 is 6.03 Å². The Hall–Kier alpha value is -1.55. The Morgan fingerprint density at radius 1 is 1.22 bits per heavy atom. The van der Waals surface area contributed by atoms with E-state index in [0.717, 1.165) is 11.1 Å². The topological polar surface area (TPSA) is 61.4 Å². The van der Waals surface area contributed by atoms with Crippen LogP contribution >= 0.6 is 0 Å². The molecule has 0 aliphatic heterocycles. The number of hydrogen-bond donors (Lipinski definition) is 3. The highest BCUT2D eigenvalue weighted by Crippen LogP contribution is 2.15. The van der Waals surface area contributed by atoms with E-state index in [4.69, 9.17) is 0 Å². The highest BCUT2D eigenvalue weighted by molar-refractivity contribution is 5.73. The smallest absolute Gasteiger partial charge is 0.314 e. The second kappa shape index (κ2) is 7.01. The summed E-state index contributed by atoms with van der Waals surface area (Å²) >= 11 is 0. The maximum Gasteiger partial charge on any atom is 0.314 e. The van der Waals surface area contributed by atoms with E-state index < -0.39 is 6.10 Å². The Morgan fingerprint density at radius 2 is 1.83 bits per heavy atom. The highest BCUT2D eigenvalue weighted by Gasteiger charge is 2.11. The first-order valence-electron chi connectivity index (χ1n) is 6.26. The van der Waals surface area contributed by atoms with Crippen molar-refractivity contribution in [1.29, 1.82) is 0 Å². The van der Waals surface area contributed by atoms with E-state index in [1.54, 1.807) is 0 Å². The van der Waals surface area contributed by atoms with E-state index in [9.17, 15) is 9.90 Å². The van der Waals surface area contributed by atoms with Crippen LogP contribution in [0, 0.1) is 12.8 Å². The summed E-state index contributed by atoms with van der Waals surface area (Å²) in [6.45, 7) is 6.85. The zero-order valence-corrected chi connectivity index (χ0v) is 11.2. The molecule has 2 amide bonds. The lowest BCUT2D eigenvalue weighted by Crippen LogP contribution is -2.39. The number of nitrogens with one attached hydrogen (secondary N) is 2. The predicted molar refractivity (Wildman–Crippen MR) is 72.4 cm³/mol. The molecule has 3 N–H and O–H groups in total. The van der Waals surface area contributed by atoms with Gasteiger partial charge in [0.05, 0.1) is 6.10 Å². The fourth-order valence-electron chi connectivity index (χ4n) is 1.62. The summed E-state index contributed by atoms with van der Waals surface area (Å²) in [6, 6.07) is 7.38.